The fraction of sp³-hybridized carbons (Fsp3) is 0.0303. The van der Waals surface area contributed by atoms with Crippen LogP contribution in [-0.2, 0) is 5.54 Å². The second-order valence-electron chi connectivity index (χ2n) is 17.6. The number of allylic oxidation sites excluding steroid dienone is 2. The van der Waals surface area contributed by atoms with Crippen molar-refractivity contribution in [3.63, 3.8) is 0 Å². The maximum atomic E-state index is 2.61. The number of hydrogen-bond acceptors (Lipinski definition) is 1. The molecular weight excluding hydrogens is 821 g/mol. The van der Waals surface area contributed by atoms with E-state index in [-0.39, 0.29) is 0 Å². The lowest BCUT2D eigenvalue weighted by atomic mass is 9.70. The predicted octanol–water partition coefficient (Wildman–Crippen LogP) is 17.5. The summed E-state index contributed by atoms with van der Waals surface area (Å²) in [5.41, 5.74) is 18.3. The molecule has 0 spiro atoms. The molecule has 0 bridgehead atoms. The number of rotatable bonds is 10. The molecule has 0 amide bonds. The SMILES string of the molecule is C1=CCC(c2ccccc2-c2ccccc2)(N(c2ccc(-c3ccc(-c4ccccc4)cc3)cc2)c2ccc(-c3cccc(-n4c5ccccc5c5ccccc54)c3)cc2)C(c2ccccc2)=C1. The van der Waals surface area contributed by atoms with Crippen LogP contribution in [0.5, 0.6) is 0 Å². The summed E-state index contributed by atoms with van der Waals surface area (Å²) >= 11 is 0. The molecule has 0 fully saturated rings. The highest BCUT2D eigenvalue weighted by molar-refractivity contribution is 6.09. The highest BCUT2D eigenvalue weighted by Crippen LogP contribution is 2.54. The van der Waals surface area contributed by atoms with Gasteiger partial charge in [0.25, 0.3) is 0 Å². The predicted molar refractivity (Wildman–Crippen MR) is 287 cm³/mol. The van der Waals surface area contributed by atoms with Crippen LogP contribution in [0.3, 0.4) is 0 Å². The van der Waals surface area contributed by atoms with Gasteiger partial charge < -0.3 is 9.47 Å². The second-order valence-corrected chi connectivity index (χ2v) is 17.6. The fourth-order valence-electron chi connectivity index (χ4n) is 10.6. The summed E-state index contributed by atoms with van der Waals surface area (Å²) in [6, 6.07) is 95.2. The molecule has 0 saturated carbocycles. The third-order valence-corrected chi connectivity index (χ3v) is 13.8. The van der Waals surface area contributed by atoms with Crippen LogP contribution >= 0.6 is 0 Å². The van der Waals surface area contributed by atoms with E-state index in [9.17, 15) is 0 Å². The molecule has 0 radical (unpaired) electrons. The lowest BCUT2D eigenvalue weighted by Gasteiger charge is -2.49. The number of anilines is 2. The summed E-state index contributed by atoms with van der Waals surface area (Å²) in [6.07, 6.45) is 7.67. The molecule has 10 aromatic carbocycles. The third kappa shape index (κ3) is 7.24. The first kappa shape index (κ1) is 40.8. The standard InChI is InChI=1S/C66H48N2/c1-4-19-48(20-5-1)49-34-36-50(37-35-49)51-38-42-56(43-39-51)68(66(46-17-16-30-62(66)54-23-8-3-9-24-54)63-31-13-10-27-59(63)53-21-6-2-7-22-53)57-44-40-52(41-45-57)55-25-18-26-58(47-55)67-64-32-14-11-28-60(64)61-29-12-15-33-65(61)67/h1-45,47H,46H2. The largest absolute Gasteiger partial charge is 0.327 e. The molecule has 2 nitrogen and oxygen atoms in total. The van der Waals surface area contributed by atoms with Gasteiger partial charge >= 0.3 is 0 Å². The van der Waals surface area contributed by atoms with Crippen molar-refractivity contribution in [3.8, 4) is 50.2 Å². The van der Waals surface area contributed by atoms with E-state index in [4.69, 9.17) is 0 Å². The molecule has 68 heavy (non-hydrogen) atoms. The maximum absolute atomic E-state index is 2.61. The van der Waals surface area contributed by atoms with E-state index in [1.54, 1.807) is 0 Å². The van der Waals surface area contributed by atoms with E-state index in [0.29, 0.717) is 0 Å². The fourth-order valence-corrected chi connectivity index (χ4v) is 10.6. The average Bonchev–Trinajstić information content (AvgIpc) is 3.77. The summed E-state index contributed by atoms with van der Waals surface area (Å²) in [4.78, 5) is 2.61. The van der Waals surface area contributed by atoms with Crippen LogP contribution < -0.4 is 4.90 Å². The minimum atomic E-state index is -0.653. The minimum absolute atomic E-state index is 0.653. The van der Waals surface area contributed by atoms with Crippen molar-refractivity contribution in [3.05, 3.63) is 290 Å². The van der Waals surface area contributed by atoms with Crippen molar-refractivity contribution in [1.29, 1.82) is 0 Å². The second kappa shape index (κ2) is 17.6. The molecule has 1 aliphatic rings. The lowest BCUT2D eigenvalue weighted by Crippen LogP contribution is -2.45. The zero-order valence-corrected chi connectivity index (χ0v) is 37.7. The Balaban J connectivity index is 1.02. The molecule has 2 heteroatoms. The number of hydrogen-bond donors (Lipinski definition) is 0. The van der Waals surface area contributed by atoms with Crippen molar-refractivity contribution in [2.75, 3.05) is 4.90 Å². The van der Waals surface area contributed by atoms with E-state index in [0.717, 1.165) is 29.0 Å². The first-order valence-electron chi connectivity index (χ1n) is 23.6. The molecule has 1 heterocycles. The van der Waals surface area contributed by atoms with Gasteiger partial charge in [-0.1, -0.05) is 231 Å². The minimum Gasteiger partial charge on any atom is -0.327 e. The molecule has 0 saturated heterocycles. The van der Waals surface area contributed by atoms with Gasteiger partial charge in [0.1, 0.15) is 5.54 Å². The van der Waals surface area contributed by atoms with Gasteiger partial charge in [0, 0.05) is 27.8 Å². The van der Waals surface area contributed by atoms with Crippen LogP contribution in [0, 0.1) is 0 Å². The third-order valence-electron chi connectivity index (χ3n) is 13.8. The van der Waals surface area contributed by atoms with Gasteiger partial charge in [0.2, 0.25) is 0 Å². The molecule has 1 aliphatic carbocycles. The molecule has 1 unspecified atom stereocenters. The number of para-hydroxylation sites is 2. The van der Waals surface area contributed by atoms with E-state index in [1.807, 2.05) is 0 Å². The van der Waals surface area contributed by atoms with Gasteiger partial charge in [0.15, 0.2) is 0 Å². The Kier molecular flexibility index (Phi) is 10.5. The summed E-state index contributed by atoms with van der Waals surface area (Å²) in [5.74, 6) is 0. The Morgan fingerprint density at radius 2 is 0.794 bits per heavy atom. The molecule has 11 aromatic rings. The van der Waals surface area contributed by atoms with Crippen LogP contribution in [0.15, 0.2) is 279 Å². The maximum Gasteiger partial charge on any atom is 0.100 e. The van der Waals surface area contributed by atoms with Gasteiger partial charge in [-0.3, -0.25) is 0 Å². The first-order valence-corrected chi connectivity index (χ1v) is 23.6. The molecule has 0 N–H and O–H groups in total. The van der Waals surface area contributed by atoms with Crippen molar-refractivity contribution in [2.24, 2.45) is 0 Å². The van der Waals surface area contributed by atoms with Crippen molar-refractivity contribution in [2.45, 2.75) is 12.0 Å². The Hall–Kier alpha value is -8.72. The van der Waals surface area contributed by atoms with Gasteiger partial charge in [0.05, 0.1) is 11.0 Å². The zero-order chi connectivity index (χ0) is 45.3. The van der Waals surface area contributed by atoms with E-state index >= 15 is 0 Å². The Labute approximate surface area is 398 Å². The Morgan fingerprint density at radius 1 is 0.353 bits per heavy atom. The summed E-state index contributed by atoms with van der Waals surface area (Å²) in [7, 11) is 0. The highest BCUT2D eigenvalue weighted by atomic mass is 15.2. The normalized spacial score (nSPS) is 14.5. The molecular formula is C66H48N2. The quantitative estimate of drug-likeness (QED) is 0.133. The molecule has 1 aromatic heterocycles. The summed E-state index contributed by atoms with van der Waals surface area (Å²) in [6.45, 7) is 0. The zero-order valence-electron chi connectivity index (χ0n) is 37.7. The van der Waals surface area contributed by atoms with Gasteiger partial charge in [-0.25, -0.2) is 0 Å². The first-order chi connectivity index (χ1) is 33.7. The number of fused-ring (bicyclic) bond motifs is 3. The Morgan fingerprint density at radius 3 is 1.38 bits per heavy atom. The number of nitrogens with zero attached hydrogens (tertiary/aromatic N) is 2. The average molecular weight is 869 g/mol. The monoisotopic (exact) mass is 868 g/mol. The molecule has 0 aliphatic heterocycles. The van der Waals surface area contributed by atoms with E-state index in [2.05, 4.69) is 289 Å². The van der Waals surface area contributed by atoms with Gasteiger partial charge in [-0.15, -0.1) is 0 Å². The Bertz CT molecular complexity index is 3550. The highest BCUT2D eigenvalue weighted by Gasteiger charge is 2.45. The van der Waals surface area contributed by atoms with Crippen LogP contribution in [0.1, 0.15) is 17.5 Å². The summed E-state index contributed by atoms with van der Waals surface area (Å²) in [5, 5.41) is 2.52. The number of aromatic nitrogens is 1. The smallest absolute Gasteiger partial charge is 0.100 e. The summed E-state index contributed by atoms with van der Waals surface area (Å²) < 4.78 is 2.40. The van der Waals surface area contributed by atoms with Crippen molar-refractivity contribution >= 4 is 38.8 Å². The van der Waals surface area contributed by atoms with Crippen LogP contribution in [0.4, 0.5) is 11.4 Å². The van der Waals surface area contributed by atoms with Crippen molar-refractivity contribution < 1.29 is 0 Å². The molecule has 12 rings (SSSR count). The molecule has 1 atom stereocenters. The van der Waals surface area contributed by atoms with E-state index < -0.39 is 5.54 Å². The van der Waals surface area contributed by atoms with Crippen molar-refractivity contribution in [1.82, 2.24) is 4.57 Å². The van der Waals surface area contributed by atoms with E-state index in [1.165, 1.54) is 77.5 Å². The van der Waals surface area contributed by atoms with Gasteiger partial charge in [-0.2, -0.15) is 0 Å². The van der Waals surface area contributed by atoms with Gasteiger partial charge in [-0.05, 0) is 116 Å². The topological polar surface area (TPSA) is 8.17 Å². The van der Waals surface area contributed by atoms with Crippen LogP contribution in [0.25, 0.3) is 77.6 Å². The number of benzene rings is 10. The lowest BCUT2D eigenvalue weighted by molar-refractivity contribution is 0.568. The van der Waals surface area contributed by atoms with Crippen LogP contribution in [0.2, 0.25) is 0 Å². The molecule has 322 valence electrons. The van der Waals surface area contributed by atoms with Crippen LogP contribution in [-0.4, -0.2) is 4.57 Å².